The molecule has 0 fully saturated rings. The Kier molecular flexibility index (Phi) is 15.3. The normalized spacial score (nSPS) is 12.0. The second-order valence-electron chi connectivity index (χ2n) is 0.665. The van der Waals surface area contributed by atoms with E-state index in [9.17, 15) is 0 Å². The van der Waals surface area contributed by atoms with Crippen LogP contribution < -0.4 is 51.4 Å². The van der Waals surface area contributed by atoms with E-state index < -0.39 is 21.8 Å². The molecule has 0 heterocycles. The van der Waals surface area contributed by atoms with E-state index >= 15 is 0 Å². The fraction of sp³-hybridized carbons (Fsp3) is 0. The molecule has 1 atom stereocenters. The molecule has 0 aromatic carbocycles. The van der Waals surface area contributed by atoms with Crippen LogP contribution in [-0.4, -0.2) is 30.8 Å². The maximum atomic E-state index is 8.74. The molecular formula is H3KO7S2. The molecule has 0 aromatic heterocycles. The maximum absolute atomic E-state index is 8.74. The molecule has 0 aliphatic rings. The number of rotatable bonds is 0. The fourth-order valence-electron chi connectivity index (χ4n) is 0. The van der Waals surface area contributed by atoms with Crippen molar-refractivity contribution in [3.8, 4) is 0 Å². The maximum Gasteiger partial charge on any atom is 1.00 e. The van der Waals surface area contributed by atoms with Gasteiger partial charge in [0, 0.05) is 0 Å². The van der Waals surface area contributed by atoms with E-state index in [1.165, 1.54) is 0 Å². The van der Waals surface area contributed by atoms with Gasteiger partial charge < -0.3 is 9.11 Å². The first-order valence-electron chi connectivity index (χ1n) is 1.21. The molecule has 0 aliphatic heterocycles. The van der Waals surface area contributed by atoms with Gasteiger partial charge in [-0.1, -0.05) is 0 Å². The van der Waals surface area contributed by atoms with Crippen LogP contribution in [0, 0.1) is 0 Å². The monoisotopic (exact) mass is 218 g/mol. The third-order valence-corrected chi connectivity index (χ3v) is 0. The van der Waals surface area contributed by atoms with Crippen LogP contribution in [0.5, 0.6) is 0 Å². The molecule has 1 unspecified atom stereocenters. The van der Waals surface area contributed by atoms with Gasteiger partial charge in [-0.2, -0.15) is 8.42 Å². The largest absolute Gasteiger partial charge is 1.00 e. The molecule has 0 aromatic rings. The van der Waals surface area contributed by atoms with Crippen molar-refractivity contribution in [1.82, 2.24) is 0 Å². The Hall–Kier alpha value is 1.58. The van der Waals surface area contributed by atoms with Gasteiger partial charge in [-0.3, -0.25) is 9.11 Å². The average molecular weight is 218 g/mol. The Morgan fingerprint density at radius 3 is 1.30 bits per heavy atom. The summed E-state index contributed by atoms with van der Waals surface area (Å²) < 4.78 is 55.7. The van der Waals surface area contributed by atoms with Gasteiger partial charge in [0.1, 0.15) is 0 Å². The van der Waals surface area contributed by atoms with Crippen LogP contribution >= 0.6 is 0 Å². The summed E-state index contributed by atoms with van der Waals surface area (Å²) in [5.74, 6) is 0. The summed E-state index contributed by atoms with van der Waals surface area (Å²) in [7, 11) is -4.67. The van der Waals surface area contributed by atoms with E-state index in [-0.39, 0.29) is 51.4 Å². The average Bonchev–Trinajstić information content (AvgIpc) is 1.19. The van der Waals surface area contributed by atoms with Crippen molar-refractivity contribution in [2.45, 2.75) is 0 Å². The molecule has 10 heavy (non-hydrogen) atoms. The molecule has 0 bridgehead atoms. The van der Waals surface area contributed by atoms with E-state index in [0.717, 1.165) is 0 Å². The second-order valence-corrected chi connectivity index (χ2v) is 1.99. The molecule has 0 saturated heterocycles. The van der Waals surface area contributed by atoms with E-state index in [4.69, 9.17) is 30.8 Å². The molecular weight excluding hydrogens is 215 g/mol. The van der Waals surface area contributed by atoms with Crippen LogP contribution in [0.25, 0.3) is 0 Å². The molecule has 0 radical (unpaired) electrons. The third-order valence-electron chi connectivity index (χ3n) is 0. The van der Waals surface area contributed by atoms with Crippen molar-refractivity contribution in [3.05, 3.63) is 0 Å². The SMILES string of the molecule is O=S(=O)(O)O.O=S([O-])O.[K+]. The number of hydrogen-bond acceptors (Lipinski definition) is 4. The molecule has 10 heteroatoms. The smallest absolute Gasteiger partial charge is 0.750 e. The van der Waals surface area contributed by atoms with Gasteiger partial charge in [-0.05, 0) is 0 Å². The van der Waals surface area contributed by atoms with Gasteiger partial charge >= 0.3 is 61.8 Å². The summed E-state index contributed by atoms with van der Waals surface area (Å²) in [4.78, 5) is 0. The van der Waals surface area contributed by atoms with Crippen LogP contribution in [-0.2, 0) is 21.8 Å². The standard InChI is InChI=1S/K.H2O4S.H2O3S/c;1-5(2,3)4;1-4(2)3/h;(H2,1,2,3,4);(H2,1,2,3)/q+1;;/p-1. The first-order chi connectivity index (χ1) is 3.73. The zero-order valence-corrected chi connectivity index (χ0v) is 9.55. The minimum absolute atomic E-state index is 0. The van der Waals surface area contributed by atoms with Gasteiger partial charge in [0.25, 0.3) is 0 Å². The van der Waals surface area contributed by atoms with Crippen molar-refractivity contribution in [3.63, 3.8) is 0 Å². The van der Waals surface area contributed by atoms with Crippen LogP contribution in [0.15, 0.2) is 0 Å². The van der Waals surface area contributed by atoms with Gasteiger partial charge in [0.15, 0.2) is 0 Å². The summed E-state index contributed by atoms with van der Waals surface area (Å²) in [6.07, 6.45) is 0. The van der Waals surface area contributed by atoms with Crippen LogP contribution in [0.2, 0.25) is 0 Å². The second kappa shape index (κ2) is 8.67. The van der Waals surface area contributed by atoms with Crippen LogP contribution in [0.3, 0.4) is 0 Å². The molecule has 0 amide bonds. The van der Waals surface area contributed by atoms with E-state index in [1.54, 1.807) is 0 Å². The van der Waals surface area contributed by atoms with Crippen LogP contribution in [0.1, 0.15) is 0 Å². The Bertz CT molecular complexity index is 154. The Balaban J connectivity index is -0.0000000910. The van der Waals surface area contributed by atoms with Crippen molar-refractivity contribution in [1.29, 1.82) is 0 Å². The van der Waals surface area contributed by atoms with E-state index in [2.05, 4.69) is 0 Å². The fourth-order valence-corrected chi connectivity index (χ4v) is 0. The predicted molar refractivity (Wildman–Crippen MR) is 25.7 cm³/mol. The molecule has 0 spiro atoms. The molecule has 0 saturated carbocycles. The molecule has 0 aliphatic carbocycles. The van der Waals surface area contributed by atoms with Gasteiger partial charge in [0.05, 0.1) is 11.4 Å². The first kappa shape index (κ1) is 17.6. The Morgan fingerprint density at radius 1 is 1.30 bits per heavy atom. The van der Waals surface area contributed by atoms with Crippen molar-refractivity contribution < 1.29 is 82.2 Å². The third kappa shape index (κ3) is 283. The summed E-state index contributed by atoms with van der Waals surface area (Å²) in [6.45, 7) is 0. The Labute approximate surface area is 102 Å². The molecule has 58 valence electrons. The summed E-state index contributed by atoms with van der Waals surface area (Å²) in [5.41, 5.74) is 0. The van der Waals surface area contributed by atoms with Crippen LogP contribution in [0.4, 0.5) is 0 Å². The molecule has 0 rings (SSSR count). The van der Waals surface area contributed by atoms with Crippen molar-refractivity contribution in [2.24, 2.45) is 0 Å². The number of hydrogen-bond donors (Lipinski definition) is 3. The minimum Gasteiger partial charge on any atom is -0.750 e. The molecule has 7 nitrogen and oxygen atoms in total. The van der Waals surface area contributed by atoms with E-state index in [1.807, 2.05) is 0 Å². The van der Waals surface area contributed by atoms with Gasteiger partial charge in [0.2, 0.25) is 0 Å². The Morgan fingerprint density at radius 2 is 1.30 bits per heavy atom. The minimum atomic E-state index is -4.67. The van der Waals surface area contributed by atoms with Crippen molar-refractivity contribution in [2.75, 3.05) is 0 Å². The summed E-state index contributed by atoms with van der Waals surface area (Å²) >= 11 is -2.86. The predicted octanol–water partition coefficient (Wildman–Crippen LogP) is -4.31. The van der Waals surface area contributed by atoms with Gasteiger partial charge in [-0.25, -0.2) is 4.21 Å². The van der Waals surface area contributed by atoms with E-state index in [0.29, 0.717) is 0 Å². The summed E-state index contributed by atoms with van der Waals surface area (Å²) in [6, 6.07) is 0. The zero-order chi connectivity index (χ0) is 8.08. The van der Waals surface area contributed by atoms with Crippen molar-refractivity contribution >= 4 is 21.8 Å². The first-order valence-corrected chi connectivity index (χ1v) is 3.64. The summed E-state index contributed by atoms with van der Waals surface area (Å²) in [5, 5.41) is 0. The quantitative estimate of drug-likeness (QED) is 0.212. The molecule has 3 N–H and O–H groups in total. The van der Waals surface area contributed by atoms with Gasteiger partial charge in [-0.15, -0.1) is 0 Å². The topological polar surface area (TPSA) is 135 Å². The zero-order valence-electron chi connectivity index (χ0n) is 4.79.